The molecule has 30 rings (SSSR count). The Morgan fingerprint density at radius 3 is 0.307 bits per heavy atom. The van der Waals surface area contributed by atoms with Gasteiger partial charge in [0.25, 0.3) is 0 Å². The molecule has 16 amide bonds. The number of imide groups is 8. The number of hydrogen-bond acceptors (Lipinski definition) is 28. The first-order chi connectivity index (χ1) is 67.5. The number of likely N-dealkylation sites (tertiary alicyclic amines) is 8. The smallest absolute Gasteiger partial charge is 0.373 e. The maximum Gasteiger partial charge on any atom is 0.478 e. The molecule has 36 nitrogen and oxygen atoms in total. The van der Waals surface area contributed by atoms with Crippen molar-refractivity contribution in [2.45, 2.75) is 151 Å². The standard InChI is InChI=1S/C96H112N8O28Si8/c105-81-65-49-9-10-50(41-49)66(65)82(106)97(81)25-1-33-133-121-134(34-2-26-98-83(107)67-51-11-12-52(42-51)68(67)84(98)108)124-137(37-5-29-101-89(113)73-57-17-18-58(45-57)74(73)90(101)114)126-135(122-133,35-3-27-99-85(109)69-53-13-14-54(43-53)70(69)86(99)110)128-139(39-7-31-103-93(117)77-61-21-22-62(47-61)78(77)94(103)118)129-136(123-133,36-4-28-100-87(111)71-55-15-16-56(44-55)72(71)88(100)112)127-138(125-134,38-6-30-102-91(115)75-59-19-20-60(46-59)76(75)92(102)116)131-140(130-137,132-139)40-8-32-104-95(119)79-63-23-24-64(48-63)80(79)96(104)120/h9-24,49-80H,1-8,25-48H2. The summed E-state index contributed by atoms with van der Waals surface area (Å²) in [5, 5.41) is 0. The molecule has 736 valence electrons. The van der Waals surface area contributed by atoms with Crippen LogP contribution in [0.3, 0.4) is 0 Å². The van der Waals surface area contributed by atoms with E-state index in [9.17, 15) is 0 Å². The van der Waals surface area contributed by atoms with Gasteiger partial charge in [-0.2, -0.15) is 0 Å². The maximum absolute atomic E-state index is 15.2. The maximum atomic E-state index is 15.2. The highest BCUT2D eigenvalue weighted by molar-refractivity contribution is 7.03. The number of carbonyl (C=O) groups excluding carboxylic acids is 16. The third kappa shape index (κ3) is 12.6. The van der Waals surface area contributed by atoms with Crippen LogP contribution in [0, 0.1) is 189 Å². The predicted octanol–water partition coefficient (Wildman–Crippen LogP) is 5.34. The first-order valence-electron chi connectivity index (χ1n) is 52.3. The number of allylic oxidation sites excluding steroid dienone is 16. The number of carbonyl (C=O) groups is 16. The van der Waals surface area contributed by atoms with Gasteiger partial charge in [0.15, 0.2) is 0 Å². The monoisotopic (exact) mass is 2050 g/mol. The van der Waals surface area contributed by atoms with E-state index in [1.807, 2.05) is 97.2 Å². The minimum absolute atomic E-state index is 0.146. The normalized spacial score (nSPS) is 49.4. The lowest BCUT2D eigenvalue weighted by molar-refractivity contribution is -0.142. The van der Waals surface area contributed by atoms with Crippen LogP contribution in [0.2, 0.25) is 48.4 Å². The minimum Gasteiger partial charge on any atom is -0.373 e. The summed E-state index contributed by atoms with van der Waals surface area (Å²) in [5.74, 6) is -18.5. The SMILES string of the molecule is O=C1C2C3C=CC(C3)C2C(=O)N1CCC[Si]12O[Si]3(CCCN4C(=O)C5C6C=CC(C6)C5C4=O)O[Si]4(CCCN5C(=O)C6C7C=CC(C7)C6C5=O)O[Si](CCCN5C(=O)C6C7C=CC(C7)C6C5=O)(O1)O[Si]1(CCCN5C(=O)C6C7C=CC(C7)C6C5=O)O[Si](CCCN5C(=O)C6C7C=CC(C7)C6C5=O)(O2)O[Si](CCCN2C(=O)C5C6C=CC(C6)C5C2=O)(O3)O[Si](CCCN2C(=O)C3C5C=CC(C5)C3C2=O)(O4)O1. The van der Waals surface area contributed by atoms with Crippen LogP contribution in [-0.4, -0.2) is 257 Å². The summed E-state index contributed by atoms with van der Waals surface area (Å²) in [5.41, 5.74) is 0. The zero-order valence-electron chi connectivity index (χ0n) is 77.3. The summed E-state index contributed by atoms with van der Waals surface area (Å²) in [4.78, 5) is 254. The number of fused-ring (bicyclic) bond motifs is 40. The van der Waals surface area contributed by atoms with E-state index >= 15 is 76.7 Å². The lowest BCUT2D eigenvalue weighted by Crippen LogP contribution is -2.88. The fourth-order valence-electron chi connectivity index (χ4n) is 33.7. The van der Waals surface area contributed by atoms with Crippen LogP contribution in [0.5, 0.6) is 0 Å². The Labute approximate surface area is 815 Å². The molecule has 14 aliphatic heterocycles. The first-order valence-corrected chi connectivity index (χ1v) is 67.7. The van der Waals surface area contributed by atoms with Gasteiger partial charge in [0.05, 0.1) is 94.7 Å². The summed E-state index contributed by atoms with van der Waals surface area (Å²) in [6.45, 7) is -1.83. The van der Waals surface area contributed by atoms with E-state index in [4.69, 9.17) is 49.4 Å². The number of rotatable bonds is 32. The van der Waals surface area contributed by atoms with Gasteiger partial charge in [-0.05, 0) is 197 Å². The average Bonchev–Trinajstić information content (AvgIpc) is 0.732. The quantitative estimate of drug-likeness (QED) is 0.0465. The van der Waals surface area contributed by atoms with Crippen LogP contribution >= 0.6 is 0 Å². The summed E-state index contributed by atoms with van der Waals surface area (Å²) in [7, 11) is -43.7. The molecule has 8 saturated carbocycles. The van der Waals surface area contributed by atoms with Gasteiger partial charge in [-0.1, -0.05) is 97.2 Å². The van der Waals surface area contributed by atoms with Gasteiger partial charge >= 0.3 is 70.4 Å². The van der Waals surface area contributed by atoms with Crippen molar-refractivity contribution in [1.82, 2.24) is 39.2 Å². The number of amides is 16. The van der Waals surface area contributed by atoms with E-state index in [0.717, 1.165) is 0 Å². The average molecular weight is 2050 g/mol. The molecule has 0 aromatic rings. The van der Waals surface area contributed by atoms with E-state index in [2.05, 4.69) is 0 Å². The van der Waals surface area contributed by atoms with Gasteiger partial charge in [0.1, 0.15) is 0 Å². The van der Waals surface area contributed by atoms with Gasteiger partial charge < -0.3 is 49.4 Å². The fraction of sp³-hybridized carbons (Fsp3) is 0.667. The lowest BCUT2D eigenvalue weighted by Gasteiger charge is -2.63. The van der Waals surface area contributed by atoms with E-state index in [0.29, 0.717) is 51.4 Å². The molecule has 44 heteroatoms. The van der Waals surface area contributed by atoms with Gasteiger partial charge in [0, 0.05) is 101 Å². The molecular weight excluding hydrogens is 1940 g/mol. The molecule has 0 aromatic heterocycles. The molecule has 0 N–H and O–H groups in total. The second-order valence-corrected chi connectivity index (χ2v) is 70.9. The van der Waals surface area contributed by atoms with Crippen molar-refractivity contribution in [2.24, 2.45) is 189 Å². The Hall–Kier alpha value is -7.70. The minimum atomic E-state index is -5.46. The fourth-order valence-corrected chi connectivity index (χ4v) is 83.9. The van der Waals surface area contributed by atoms with Gasteiger partial charge in [0.2, 0.25) is 94.5 Å². The van der Waals surface area contributed by atoms with Crippen LogP contribution in [0.25, 0.3) is 0 Å². The van der Waals surface area contributed by atoms with Crippen LogP contribution in [0.4, 0.5) is 0 Å². The summed E-state index contributed by atoms with van der Waals surface area (Å²) < 4.78 is 102. The van der Waals surface area contributed by atoms with E-state index in [1.54, 1.807) is 0 Å². The highest BCUT2D eigenvalue weighted by atomic mass is 28.6. The van der Waals surface area contributed by atoms with Crippen LogP contribution in [0.1, 0.15) is 103 Å². The highest BCUT2D eigenvalue weighted by Gasteiger charge is 2.84. The summed E-state index contributed by atoms with van der Waals surface area (Å²) in [6, 6.07) is -2.98. The van der Waals surface area contributed by atoms with E-state index in [1.165, 1.54) is 39.2 Å². The van der Waals surface area contributed by atoms with Crippen molar-refractivity contribution in [3.63, 3.8) is 0 Å². The lowest BCUT2D eigenvalue weighted by atomic mass is 9.85. The van der Waals surface area contributed by atoms with Crippen LogP contribution < -0.4 is 0 Å². The molecule has 30 aliphatic rings. The molecule has 32 unspecified atom stereocenters. The third-order valence-electron chi connectivity index (χ3n) is 39.1. The largest absolute Gasteiger partial charge is 0.478 e. The molecule has 24 bridgehead atoms. The van der Waals surface area contributed by atoms with Crippen molar-refractivity contribution in [2.75, 3.05) is 52.4 Å². The Bertz CT molecular complexity index is 4600. The topological polar surface area (TPSA) is 410 Å². The second-order valence-electron chi connectivity index (χ2n) is 46.1. The van der Waals surface area contributed by atoms with Gasteiger partial charge in [-0.15, -0.1) is 0 Å². The van der Waals surface area contributed by atoms with Crippen LogP contribution in [-0.2, 0) is 126 Å². The molecule has 0 spiro atoms. The molecule has 14 saturated heterocycles. The first kappa shape index (κ1) is 88.8. The van der Waals surface area contributed by atoms with Crippen molar-refractivity contribution >= 4 is 165 Å². The second kappa shape index (κ2) is 31.0. The van der Waals surface area contributed by atoms with Gasteiger partial charge in [-0.3, -0.25) is 116 Å². The Kier molecular flexibility index (Phi) is 19.6. The number of nitrogens with zero attached hydrogens (tertiary/aromatic N) is 8. The molecule has 0 aromatic carbocycles. The van der Waals surface area contributed by atoms with Crippen molar-refractivity contribution in [3.8, 4) is 0 Å². The molecule has 14 heterocycles. The van der Waals surface area contributed by atoms with Crippen LogP contribution in [0.15, 0.2) is 97.2 Å². The summed E-state index contributed by atoms with van der Waals surface area (Å²) in [6.07, 6.45) is 36.1. The summed E-state index contributed by atoms with van der Waals surface area (Å²) >= 11 is 0. The molecule has 140 heavy (non-hydrogen) atoms. The van der Waals surface area contributed by atoms with Crippen molar-refractivity contribution < 1.29 is 126 Å². The molecule has 22 fully saturated rings. The third-order valence-corrected chi connectivity index (χ3v) is 76.7. The Morgan fingerprint density at radius 1 is 0.150 bits per heavy atom. The number of hydrogen-bond donors (Lipinski definition) is 0. The van der Waals surface area contributed by atoms with Gasteiger partial charge in [-0.25, -0.2) is 0 Å². The molecule has 16 aliphatic carbocycles. The Morgan fingerprint density at radius 2 is 0.229 bits per heavy atom. The highest BCUT2D eigenvalue weighted by Crippen LogP contribution is 2.64. The molecule has 32 atom stereocenters. The van der Waals surface area contributed by atoms with Crippen molar-refractivity contribution in [3.05, 3.63) is 97.2 Å². The zero-order chi connectivity index (χ0) is 94.8. The zero-order valence-corrected chi connectivity index (χ0v) is 85.3. The predicted molar refractivity (Wildman–Crippen MR) is 490 cm³/mol. The van der Waals surface area contributed by atoms with E-state index < -0.39 is 165 Å². The molecular formula is C96H112N8O28Si8. The van der Waals surface area contributed by atoms with Crippen molar-refractivity contribution in [1.29, 1.82) is 0 Å². The van der Waals surface area contributed by atoms with E-state index in [-0.39, 0.29) is 341 Å². The molecule has 0 radical (unpaired) electrons. The Balaban J connectivity index is 0.616.